The van der Waals surface area contributed by atoms with Gasteiger partial charge in [0.25, 0.3) is 5.91 Å². The fraction of sp³-hybridized carbons (Fsp3) is 0. The lowest BCUT2D eigenvalue weighted by molar-refractivity contribution is 0.0696. The largest absolute Gasteiger partial charge is 0.478 e. The molecule has 2 rings (SSSR count). The number of carbonyl (C=O) groups excluding carboxylic acids is 1. The summed E-state index contributed by atoms with van der Waals surface area (Å²) < 4.78 is 0.735. The van der Waals surface area contributed by atoms with Crippen molar-refractivity contribution in [3.63, 3.8) is 0 Å². The molecule has 102 valence electrons. The molecule has 7 heteroatoms. The van der Waals surface area contributed by atoms with Crippen molar-refractivity contribution in [2.75, 3.05) is 5.32 Å². The Morgan fingerprint density at radius 2 is 2.00 bits per heavy atom. The lowest BCUT2D eigenvalue weighted by atomic mass is 10.2. The van der Waals surface area contributed by atoms with E-state index in [-0.39, 0.29) is 11.4 Å². The average molecular weight is 403 g/mol. The number of nitrogens with one attached hydrogen (secondary N) is 1. The maximum Gasteiger partial charge on any atom is 0.335 e. The molecule has 1 amide bonds. The zero-order valence-corrected chi connectivity index (χ0v) is 12.8. The van der Waals surface area contributed by atoms with Crippen molar-refractivity contribution >= 4 is 51.9 Å². The van der Waals surface area contributed by atoms with Crippen LogP contribution in [0.4, 0.5) is 5.82 Å². The SMILES string of the molecule is O=C(O)c1ccnc(NC(=O)c2cc(Cl)ccc2I)c1. The maximum absolute atomic E-state index is 12.1. The average Bonchev–Trinajstić information content (AvgIpc) is 2.41. The number of aromatic nitrogens is 1. The minimum Gasteiger partial charge on any atom is -0.478 e. The third-order valence-corrected chi connectivity index (χ3v) is 3.60. The van der Waals surface area contributed by atoms with Crippen molar-refractivity contribution in [2.45, 2.75) is 0 Å². The van der Waals surface area contributed by atoms with E-state index in [1.165, 1.54) is 18.3 Å². The summed E-state index contributed by atoms with van der Waals surface area (Å²) in [5.41, 5.74) is 0.455. The van der Waals surface area contributed by atoms with Gasteiger partial charge in [-0.15, -0.1) is 0 Å². The van der Waals surface area contributed by atoms with E-state index in [9.17, 15) is 9.59 Å². The number of carbonyl (C=O) groups is 2. The zero-order chi connectivity index (χ0) is 14.7. The summed E-state index contributed by atoms with van der Waals surface area (Å²) in [4.78, 5) is 26.9. The first-order valence-corrected chi connectivity index (χ1v) is 6.89. The van der Waals surface area contributed by atoms with Crippen LogP contribution in [0.2, 0.25) is 5.02 Å². The van der Waals surface area contributed by atoms with Gasteiger partial charge in [0.2, 0.25) is 0 Å². The van der Waals surface area contributed by atoms with E-state index in [4.69, 9.17) is 16.7 Å². The van der Waals surface area contributed by atoms with E-state index in [2.05, 4.69) is 10.3 Å². The van der Waals surface area contributed by atoms with Crippen molar-refractivity contribution < 1.29 is 14.7 Å². The Morgan fingerprint density at radius 3 is 2.70 bits per heavy atom. The van der Waals surface area contributed by atoms with Crippen molar-refractivity contribution in [1.82, 2.24) is 4.98 Å². The van der Waals surface area contributed by atoms with Crippen molar-refractivity contribution in [3.8, 4) is 0 Å². The van der Waals surface area contributed by atoms with Crippen LogP contribution < -0.4 is 5.32 Å². The molecule has 0 atom stereocenters. The molecule has 0 aliphatic rings. The number of hydrogen-bond donors (Lipinski definition) is 2. The van der Waals surface area contributed by atoms with Gasteiger partial charge in [0, 0.05) is 14.8 Å². The molecule has 5 nitrogen and oxygen atoms in total. The summed E-state index contributed by atoms with van der Waals surface area (Å²) in [7, 11) is 0. The summed E-state index contributed by atoms with van der Waals surface area (Å²) in [6.45, 7) is 0. The van der Waals surface area contributed by atoms with Gasteiger partial charge in [0.05, 0.1) is 11.1 Å². The van der Waals surface area contributed by atoms with Gasteiger partial charge in [-0.05, 0) is 52.9 Å². The summed E-state index contributed by atoms with van der Waals surface area (Å²) >= 11 is 7.87. The van der Waals surface area contributed by atoms with Gasteiger partial charge in [-0.25, -0.2) is 9.78 Å². The minimum atomic E-state index is -1.08. The smallest absolute Gasteiger partial charge is 0.335 e. The molecule has 0 aliphatic heterocycles. The highest BCUT2D eigenvalue weighted by Gasteiger charge is 2.12. The molecule has 1 heterocycles. The second-order valence-corrected chi connectivity index (χ2v) is 5.41. The van der Waals surface area contributed by atoms with Crippen molar-refractivity contribution in [1.29, 1.82) is 0 Å². The van der Waals surface area contributed by atoms with Gasteiger partial charge in [0.15, 0.2) is 0 Å². The number of amides is 1. The van der Waals surface area contributed by atoms with Crippen LogP contribution in [-0.4, -0.2) is 22.0 Å². The van der Waals surface area contributed by atoms with Crippen LogP contribution in [0.5, 0.6) is 0 Å². The Balaban J connectivity index is 2.25. The molecule has 2 aromatic rings. The number of carboxylic acids is 1. The Morgan fingerprint density at radius 1 is 1.25 bits per heavy atom. The van der Waals surface area contributed by atoms with Crippen molar-refractivity contribution in [3.05, 3.63) is 56.2 Å². The molecular weight excluding hydrogens is 395 g/mol. The van der Waals surface area contributed by atoms with E-state index < -0.39 is 11.9 Å². The quantitative estimate of drug-likeness (QED) is 0.772. The predicted octanol–water partition coefficient (Wildman–Crippen LogP) is 3.29. The Hall–Kier alpha value is -1.67. The van der Waals surface area contributed by atoms with Crippen LogP contribution in [-0.2, 0) is 0 Å². The summed E-state index contributed by atoms with van der Waals surface area (Å²) in [5.74, 6) is -1.31. The highest BCUT2D eigenvalue weighted by molar-refractivity contribution is 14.1. The van der Waals surface area contributed by atoms with Crippen LogP contribution in [0.1, 0.15) is 20.7 Å². The van der Waals surface area contributed by atoms with E-state index in [0.29, 0.717) is 10.6 Å². The van der Waals surface area contributed by atoms with Gasteiger partial charge in [0.1, 0.15) is 5.82 Å². The Kier molecular flexibility index (Phi) is 4.56. The number of nitrogens with zero attached hydrogens (tertiary/aromatic N) is 1. The van der Waals surface area contributed by atoms with E-state index >= 15 is 0 Å². The van der Waals surface area contributed by atoms with Gasteiger partial charge in [-0.3, -0.25) is 4.79 Å². The fourth-order valence-electron chi connectivity index (χ4n) is 1.49. The van der Waals surface area contributed by atoms with Gasteiger partial charge in [-0.2, -0.15) is 0 Å². The van der Waals surface area contributed by atoms with Crippen LogP contribution in [0.3, 0.4) is 0 Å². The number of aromatic carboxylic acids is 1. The first-order chi connectivity index (χ1) is 9.47. The molecule has 0 fully saturated rings. The molecular formula is C13H8ClIN2O3. The number of carboxylic acid groups (broad SMARTS) is 1. The van der Waals surface area contributed by atoms with Crippen LogP contribution in [0.15, 0.2) is 36.5 Å². The van der Waals surface area contributed by atoms with Crippen LogP contribution in [0, 0.1) is 3.57 Å². The highest BCUT2D eigenvalue weighted by Crippen LogP contribution is 2.19. The molecule has 2 N–H and O–H groups in total. The summed E-state index contributed by atoms with van der Waals surface area (Å²) in [6.07, 6.45) is 1.32. The second kappa shape index (κ2) is 6.19. The first-order valence-electron chi connectivity index (χ1n) is 5.43. The molecule has 0 spiro atoms. The normalized spacial score (nSPS) is 10.1. The predicted molar refractivity (Wildman–Crippen MR) is 83.3 cm³/mol. The third-order valence-electron chi connectivity index (χ3n) is 2.42. The van der Waals surface area contributed by atoms with Crippen molar-refractivity contribution in [2.24, 2.45) is 0 Å². The molecule has 0 saturated carbocycles. The topological polar surface area (TPSA) is 79.3 Å². The first kappa shape index (κ1) is 14.7. The molecule has 0 aliphatic carbocycles. The third kappa shape index (κ3) is 3.45. The van der Waals surface area contributed by atoms with Gasteiger partial charge >= 0.3 is 5.97 Å². The lowest BCUT2D eigenvalue weighted by Crippen LogP contribution is -2.15. The highest BCUT2D eigenvalue weighted by atomic mass is 127. The molecule has 1 aromatic carbocycles. The number of rotatable bonds is 3. The van der Waals surface area contributed by atoms with E-state index in [1.807, 2.05) is 22.6 Å². The molecule has 0 radical (unpaired) electrons. The Labute approximate surface area is 133 Å². The standard InChI is InChI=1S/C13H8ClIN2O3/c14-8-1-2-10(15)9(6-8)12(18)17-11-5-7(13(19)20)3-4-16-11/h1-6H,(H,19,20)(H,16,17,18). The van der Waals surface area contributed by atoms with Crippen LogP contribution in [0.25, 0.3) is 0 Å². The molecule has 20 heavy (non-hydrogen) atoms. The number of halogens is 2. The molecule has 0 bridgehead atoms. The number of hydrogen-bond acceptors (Lipinski definition) is 3. The summed E-state index contributed by atoms with van der Waals surface area (Å²) in [5, 5.41) is 11.9. The fourth-order valence-corrected chi connectivity index (χ4v) is 2.24. The number of pyridine rings is 1. The maximum atomic E-state index is 12.1. The molecule has 0 unspecified atom stereocenters. The number of anilines is 1. The monoisotopic (exact) mass is 402 g/mol. The van der Waals surface area contributed by atoms with E-state index in [1.54, 1.807) is 18.2 Å². The molecule has 0 saturated heterocycles. The number of benzene rings is 1. The second-order valence-electron chi connectivity index (χ2n) is 3.81. The zero-order valence-electron chi connectivity index (χ0n) is 9.93. The molecule has 1 aromatic heterocycles. The van der Waals surface area contributed by atoms with Gasteiger partial charge < -0.3 is 10.4 Å². The van der Waals surface area contributed by atoms with Crippen LogP contribution >= 0.6 is 34.2 Å². The summed E-state index contributed by atoms with van der Waals surface area (Å²) in [6, 6.07) is 7.58. The minimum absolute atomic E-state index is 0.0519. The van der Waals surface area contributed by atoms with E-state index in [0.717, 1.165) is 3.57 Å². The Bertz CT molecular complexity index is 691. The lowest BCUT2D eigenvalue weighted by Gasteiger charge is -2.07. The van der Waals surface area contributed by atoms with Gasteiger partial charge in [-0.1, -0.05) is 11.6 Å².